The summed E-state index contributed by atoms with van der Waals surface area (Å²) in [6.45, 7) is 7.14. The minimum Gasteiger partial charge on any atom is -0.307 e. The number of nitrogens with zero attached hydrogens (tertiary/aromatic N) is 10. The van der Waals surface area contributed by atoms with Crippen LogP contribution in [0.25, 0.3) is 33.6 Å². The molecule has 0 spiro atoms. The van der Waals surface area contributed by atoms with E-state index in [1.54, 1.807) is 0 Å². The normalized spacial score (nSPS) is 15.5. The van der Waals surface area contributed by atoms with Crippen LogP contribution in [0.1, 0.15) is 31.0 Å². The van der Waals surface area contributed by atoms with Crippen molar-refractivity contribution in [3.05, 3.63) is 66.4 Å². The molecule has 1 N–H and O–H groups in total. The highest BCUT2D eigenvalue weighted by Crippen LogP contribution is 2.40. The zero-order valence-corrected chi connectivity index (χ0v) is 26.1. The molecule has 1 aliphatic carbocycles. The molecule has 1 saturated heterocycles. The predicted molar refractivity (Wildman–Crippen MR) is 173 cm³/mol. The molecule has 5 aromatic rings. The second-order valence-electron chi connectivity index (χ2n) is 12.1. The molecule has 4 aromatic heterocycles. The van der Waals surface area contributed by atoms with E-state index in [9.17, 15) is 0 Å². The van der Waals surface area contributed by atoms with Crippen molar-refractivity contribution in [1.29, 1.82) is 0 Å². The highest BCUT2D eigenvalue weighted by Gasteiger charge is 2.27. The zero-order valence-electron chi connectivity index (χ0n) is 26.1. The fraction of sp³-hybridized carbons (Fsp3) is 0.424. The van der Waals surface area contributed by atoms with Crippen LogP contribution in [0.4, 0.5) is 11.8 Å². The average Bonchev–Trinajstić information content (AvgIpc) is 3.79. The summed E-state index contributed by atoms with van der Waals surface area (Å²) in [5, 5.41) is 17.4. The first kappa shape index (κ1) is 28.4. The quantitative estimate of drug-likeness (QED) is 0.268. The topological polar surface area (TPSA) is 97.7 Å². The minimum atomic E-state index is 0.540. The van der Waals surface area contributed by atoms with Gasteiger partial charge in [0.05, 0.1) is 29.8 Å². The van der Waals surface area contributed by atoms with Crippen molar-refractivity contribution in [3.63, 3.8) is 0 Å². The molecule has 1 aliphatic heterocycles. The highest BCUT2D eigenvalue weighted by atomic mass is 15.3. The van der Waals surface area contributed by atoms with Crippen molar-refractivity contribution in [2.75, 3.05) is 39.0 Å². The molecule has 0 atom stereocenters. The van der Waals surface area contributed by atoms with Crippen LogP contribution in [0.2, 0.25) is 0 Å². The van der Waals surface area contributed by atoms with E-state index in [4.69, 9.17) is 10.1 Å². The van der Waals surface area contributed by atoms with Crippen LogP contribution in [-0.2, 0) is 33.0 Å². The first-order chi connectivity index (χ1) is 21.4. The Morgan fingerprint density at radius 3 is 2.45 bits per heavy atom. The molecule has 7 rings (SSSR count). The number of hydrogen-bond acceptors (Lipinski definition) is 8. The van der Waals surface area contributed by atoms with E-state index >= 15 is 0 Å². The van der Waals surface area contributed by atoms with E-state index < -0.39 is 0 Å². The summed E-state index contributed by atoms with van der Waals surface area (Å²) in [5.74, 6) is 1.27. The third-order valence-corrected chi connectivity index (χ3v) is 9.11. The van der Waals surface area contributed by atoms with Crippen LogP contribution in [0.5, 0.6) is 0 Å². The minimum absolute atomic E-state index is 0.540. The fourth-order valence-corrected chi connectivity index (χ4v) is 6.53. The van der Waals surface area contributed by atoms with Gasteiger partial charge < -0.3 is 15.1 Å². The lowest BCUT2D eigenvalue weighted by Gasteiger charge is -2.35. The maximum atomic E-state index is 4.97. The van der Waals surface area contributed by atoms with Crippen molar-refractivity contribution in [3.8, 4) is 33.6 Å². The first-order valence-electron chi connectivity index (χ1n) is 15.7. The molecule has 44 heavy (non-hydrogen) atoms. The van der Waals surface area contributed by atoms with Crippen molar-refractivity contribution in [2.24, 2.45) is 7.05 Å². The number of aromatic nitrogens is 8. The average molecular weight is 592 g/mol. The van der Waals surface area contributed by atoms with Gasteiger partial charge in [0.1, 0.15) is 0 Å². The molecule has 0 bridgehead atoms. The Hall–Kier alpha value is -4.35. The Bertz CT molecular complexity index is 1740. The van der Waals surface area contributed by atoms with Crippen LogP contribution in [0, 0.1) is 0 Å². The van der Waals surface area contributed by atoms with Gasteiger partial charge in [-0.2, -0.15) is 15.3 Å². The van der Waals surface area contributed by atoms with E-state index in [1.165, 1.54) is 12.8 Å². The number of benzene rings is 1. The van der Waals surface area contributed by atoms with Crippen molar-refractivity contribution in [1.82, 2.24) is 49.1 Å². The summed E-state index contributed by atoms with van der Waals surface area (Å²) in [7, 11) is 6.40. The first-order valence-corrected chi connectivity index (χ1v) is 15.7. The largest absolute Gasteiger partial charge is 0.307 e. The van der Waals surface area contributed by atoms with Gasteiger partial charge in [0, 0.05) is 67.5 Å². The molecule has 0 amide bonds. The van der Waals surface area contributed by atoms with Crippen LogP contribution < -0.4 is 5.32 Å². The molecule has 0 radical (unpaired) electrons. The lowest BCUT2D eigenvalue weighted by molar-refractivity contribution is 0.140. The molecule has 0 saturated carbocycles. The van der Waals surface area contributed by atoms with Gasteiger partial charge in [0.25, 0.3) is 0 Å². The van der Waals surface area contributed by atoms with E-state index in [2.05, 4.69) is 86.5 Å². The molecule has 1 fully saturated rings. The lowest BCUT2D eigenvalue weighted by Crippen LogP contribution is -2.42. The molecule has 11 nitrogen and oxygen atoms in total. The van der Waals surface area contributed by atoms with Crippen LogP contribution in [-0.4, -0.2) is 88.9 Å². The Balaban J connectivity index is 1.08. The SMILES string of the molecule is CCn1ccc(Nc2ncc3c(n2)-c2c(nn(C)c2-c2ccc(-c4cnn(CCN5CCC(N(C)C)CC5)c4)cc2)CC3)n1. The molecule has 5 heterocycles. The predicted octanol–water partition coefficient (Wildman–Crippen LogP) is 4.49. The number of fused-ring (bicyclic) bond motifs is 3. The standard InChI is InChI=1S/C33H41N11/c1-5-43-17-14-29(39-43)36-33-34-20-25-10-11-28-30(31(25)37-33)32(41(4)38-28)24-8-6-23(7-9-24)26-21-35-44(22-26)19-18-42-15-12-27(13-16-42)40(2)3/h6-9,14,17,20-22,27H,5,10-13,15-16,18-19H2,1-4H3,(H,34,36,37,39). The van der Waals surface area contributed by atoms with E-state index in [-0.39, 0.29) is 0 Å². The number of aryl methyl sites for hydroxylation is 4. The van der Waals surface area contributed by atoms with Gasteiger partial charge in [-0.3, -0.25) is 14.0 Å². The fourth-order valence-electron chi connectivity index (χ4n) is 6.53. The van der Waals surface area contributed by atoms with Crippen molar-refractivity contribution >= 4 is 11.8 Å². The molecular formula is C33H41N11. The Labute approximate surface area is 258 Å². The number of likely N-dealkylation sites (tertiary alicyclic amines) is 1. The summed E-state index contributed by atoms with van der Waals surface area (Å²) in [6.07, 6.45) is 12.3. The Morgan fingerprint density at radius 2 is 1.70 bits per heavy atom. The monoisotopic (exact) mass is 591 g/mol. The molecule has 228 valence electrons. The third-order valence-electron chi connectivity index (χ3n) is 9.11. The molecule has 1 aromatic carbocycles. The highest BCUT2D eigenvalue weighted by molar-refractivity contribution is 5.85. The van der Waals surface area contributed by atoms with Crippen LogP contribution in [0.3, 0.4) is 0 Å². The van der Waals surface area contributed by atoms with Gasteiger partial charge >= 0.3 is 0 Å². The van der Waals surface area contributed by atoms with Gasteiger partial charge in [0.15, 0.2) is 5.82 Å². The summed E-state index contributed by atoms with van der Waals surface area (Å²) in [5.41, 5.74) is 8.72. The molecule has 2 aliphatic rings. The zero-order chi connectivity index (χ0) is 30.2. The van der Waals surface area contributed by atoms with Gasteiger partial charge in [0.2, 0.25) is 5.95 Å². The van der Waals surface area contributed by atoms with Crippen LogP contribution in [0.15, 0.2) is 55.1 Å². The number of anilines is 2. The number of nitrogens with one attached hydrogen (secondary N) is 1. The summed E-state index contributed by atoms with van der Waals surface area (Å²) < 4.78 is 5.95. The Morgan fingerprint density at radius 1 is 0.909 bits per heavy atom. The second-order valence-corrected chi connectivity index (χ2v) is 12.1. The molecule has 0 unspecified atom stereocenters. The van der Waals surface area contributed by atoms with Crippen molar-refractivity contribution < 1.29 is 0 Å². The van der Waals surface area contributed by atoms with E-state index in [0.717, 1.165) is 96.3 Å². The maximum Gasteiger partial charge on any atom is 0.228 e. The lowest BCUT2D eigenvalue weighted by atomic mass is 9.91. The second kappa shape index (κ2) is 12.0. The van der Waals surface area contributed by atoms with Gasteiger partial charge in [-0.05, 0) is 70.9 Å². The summed E-state index contributed by atoms with van der Waals surface area (Å²) >= 11 is 0. The molecule has 11 heteroatoms. The van der Waals surface area contributed by atoms with Crippen molar-refractivity contribution in [2.45, 2.75) is 51.7 Å². The summed E-state index contributed by atoms with van der Waals surface area (Å²) in [6, 6.07) is 11.4. The Kier molecular flexibility index (Phi) is 7.73. The smallest absolute Gasteiger partial charge is 0.228 e. The summed E-state index contributed by atoms with van der Waals surface area (Å²) in [4.78, 5) is 14.5. The van der Waals surface area contributed by atoms with E-state index in [0.29, 0.717) is 12.0 Å². The number of rotatable bonds is 9. The van der Waals surface area contributed by atoms with Gasteiger partial charge in [-0.1, -0.05) is 24.3 Å². The van der Waals surface area contributed by atoms with E-state index in [1.807, 2.05) is 41.1 Å². The van der Waals surface area contributed by atoms with Gasteiger partial charge in [-0.25, -0.2) is 9.97 Å². The molecular weight excluding hydrogens is 550 g/mol. The number of piperidine rings is 1. The number of hydrogen-bond donors (Lipinski definition) is 1. The maximum absolute atomic E-state index is 4.97. The third kappa shape index (κ3) is 5.65. The van der Waals surface area contributed by atoms with Gasteiger partial charge in [-0.15, -0.1) is 0 Å². The van der Waals surface area contributed by atoms with Crippen LogP contribution >= 0.6 is 0 Å².